The van der Waals surface area contributed by atoms with Crippen LogP contribution in [0, 0.1) is 29.1 Å². The summed E-state index contributed by atoms with van der Waals surface area (Å²) in [7, 11) is 0. The molecule has 0 spiro atoms. The number of nitrogens with one attached hydrogen (secondary N) is 1. The average Bonchev–Trinajstić information content (AvgIpc) is 3.25. The highest BCUT2D eigenvalue weighted by molar-refractivity contribution is 6.04. The normalized spacial score (nSPS) is 12.2. The van der Waals surface area contributed by atoms with E-state index >= 15 is 0 Å². The molecule has 0 aliphatic carbocycles. The van der Waals surface area contributed by atoms with Gasteiger partial charge in [-0.15, -0.1) is 0 Å². The Hall–Kier alpha value is -3.75. The van der Waals surface area contributed by atoms with E-state index in [-0.39, 0.29) is 5.69 Å². The smallest absolute Gasteiger partial charge is 0.261 e. The standard InChI is InChI=1S/C24H17F5N2O2/c1-3-11(2)13-6-9-16-15(10-13)31-24(33-16)12-4-7-14(8-5-12)30-23(32)17-18(25)20(27)22(29)21(28)19(17)26/h4-11H,3H2,1-2H3,(H,30,32)/t11-/m0/s1. The van der Waals surface area contributed by atoms with Crippen LogP contribution in [-0.2, 0) is 0 Å². The SMILES string of the molecule is CC[C@H](C)c1ccc2oc(-c3ccc(NC(=O)c4c(F)c(F)c(F)c(F)c4F)cc3)nc2c1. The molecule has 4 aromatic rings. The number of oxazole rings is 1. The molecule has 4 nitrogen and oxygen atoms in total. The molecule has 1 N–H and O–H groups in total. The van der Waals surface area contributed by atoms with Crippen LogP contribution in [0.5, 0.6) is 0 Å². The number of carbonyl (C=O) groups is 1. The number of aromatic nitrogens is 1. The van der Waals surface area contributed by atoms with Gasteiger partial charge in [0.1, 0.15) is 11.1 Å². The number of hydrogen-bond donors (Lipinski definition) is 1. The van der Waals surface area contributed by atoms with Crippen LogP contribution < -0.4 is 5.32 Å². The number of rotatable bonds is 5. The van der Waals surface area contributed by atoms with Gasteiger partial charge in [-0.2, -0.15) is 0 Å². The zero-order valence-electron chi connectivity index (χ0n) is 17.5. The van der Waals surface area contributed by atoms with Crippen LogP contribution in [-0.4, -0.2) is 10.9 Å². The lowest BCUT2D eigenvalue weighted by Gasteiger charge is -2.09. The fourth-order valence-corrected chi connectivity index (χ4v) is 3.30. The number of amides is 1. The largest absolute Gasteiger partial charge is 0.436 e. The molecule has 1 atom stereocenters. The third-order valence-electron chi connectivity index (χ3n) is 5.42. The molecular formula is C24H17F5N2O2. The Morgan fingerprint density at radius 3 is 2.15 bits per heavy atom. The van der Waals surface area contributed by atoms with Crippen molar-refractivity contribution in [3.8, 4) is 11.5 Å². The third-order valence-corrected chi connectivity index (χ3v) is 5.42. The van der Waals surface area contributed by atoms with Crippen molar-refractivity contribution in [3.05, 3.63) is 82.7 Å². The maximum atomic E-state index is 13.8. The Morgan fingerprint density at radius 1 is 0.939 bits per heavy atom. The second-order valence-electron chi connectivity index (χ2n) is 7.53. The molecule has 0 unspecified atom stereocenters. The molecule has 170 valence electrons. The third kappa shape index (κ3) is 4.06. The van der Waals surface area contributed by atoms with Gasteiger partial charge in [0.15, 0.2) is 28.9 Å². The van der Waals surface area contributed by atoms with Crippen LogP contribution >= 0.6 is 0 Å². The molecule has 33 heavy (non-hydrogen) atoms. The molecule has 0 radical (unpaired) electrons. The van der Waals surface area contributed by atoms with Crippen molar-refractivity contribution in [1.29, 1.82) is 0 Å². The average molecular weight is 460 g/mol. The Kier molecular flexibility index (Phi) is 5.88. The molecule has 0 saturated carbocycles. The van der Waals surface area contributed by atoms with E-state index < -0.39 is 40.6 Å². The molecule has 3 aromatic carbocycles. The molecule has 1 aromatic heterocycles. The minimum absolute atomic E-state index is 0.0721. The van der Waals surface area contributed by atoms with Crippen LogP contribution in [0.2, 0.25) is 0 Å². The molecule has 0 bridgehead atoms. The van der Waals surface area contributed by atoms with Gasteiger partial charge in [0.25, 0.3) is 5.91 Å². The van der Waals surface area contributed by atoms with Gasteiger partial charge >= 0.3 is 0 Å². The molecule has 1 heterocycles. The highest BCUT2D eigenvalue weighted by Gasteiger charge is 2.29. The van der Waals surface area contributed by atoms with E-state index in [0.29, 0.717) is 28.5 Å². The quantitative estimate of drug-likeness (QED) is 0.199. The van der Waals surface area contributed by atoms with Crippen LogP contribution in [0.25, 0.3) is 22.6 Å². The molecule has 1 amide bonds. The van der Waals surface area contributed by atoms with Gasteiger partial charge in [-0.25, -0.2) is 26.9 Å². The lowest BCUT2D eigenvalue weighted by atomic mass is 9.98. The van der Waals surface area contributed by atoms with E-state index in [1.54, 1.807) is 0 Å². The molecule has 0 aliphatic rings. The zero-order chi connectivity index (χ0) is 23.9. The van der Waals surface area contributed by atoms with E-state index in [4.69, 9.17) is 4.42 Å². The lowest BCUT2D eigenvalue weighted by Crippen LogP contribution is -2.19. The first-order chi connectivity index (χ1) is 15.7. The molecule has 0 fully saturated rings. The van der Waals surface area contributed by atoms with Gasteiger partial charge < -0.3 is 9.73 Å². The van der Waals surface area contributed by atoms with Crippen molar-refractivity contribution >= 4 is 22.7 Å². The Balaban J connectivity index is 1.58. The van der Waals surface area contributed by atoms with Crippen molar-refractivity contribution in [1.82, 2.24) is 4.98 Å². The number of nitrogens with zero attached hydrogens (tertiary/aromatic N) is 1. The van der Waals surface area contributed by atoms with Crippen molar-refractivity contribution < 1.29 is 31.2 Å². The minimum atomic E-state index is -2.33. The summed E-state index contributed by atoms with van der Waals surface area (Å²) >= 11 is 0. The monoisotopic (exact) mass is 460 g/mol. The predicted octanol–water partition coefficient (Wildman–Crippen LogP) is 6.96. The van der Waals surface area contributed by atoms with E-state index in [1.807, 2.05) is 18.2 Å². The van der Waals surface area contributed by atoms with Gasteiger partial charge in [-0.1, -0.05) is 19.9 Å². The molecule has 9 heteroatoms. The van der Waals surface area contributed by atoms with Gasteiger partial charge in [0.2, 0.25) is 11.7 Å². The summed E-state index contributed by atoms with van der Waals surface area (Å²) in [6.45, 7) is 4.21. The van der Waals surface area contributed by atoms with E-state index in [2.05, 4.69) is 24.1 Å². The predicted molar refractivity (Wildman–Crippen MR) is 112 cm³/mol. The maximum Gasteiger partial charge on any atom is 0.261 e. The number of carbonyl (C=O) groups excluding carboxylic acids is 1. The second kappa shape index (κ2) is 8.65. The number of benzene rings is 3. The first kappa shape index (κ1) is 22.4. The summed E-state index contributed by atoms with van der Waals surface area (Å²) in [6.07, 6.45) is 0.981. The van der Waals surface area contributed by atoms with Crippen molar-refractivity contribution in [2.24, 2.45) is 0 Å². The van der Waals surface area contributed by atoms with Crippen molar-refractivity contribution in [2.45, 2.75) is 26.2 Å². The molecular weight excluding hydrogens is 443 g/mol. The van der Waals surface area contributed by atoms with E-state index in [1.165, 1.54) is 24.3 Å². The molecule has 4 rings (SSSR count). The minimum Gasteiger partial charge on any atom is -0.436 e. The van der Waals surface area contributed by atoms with Crippen LogP contribution in [0.3, 0.4) is 0 Å². The first-order valence-corrected chi connectivity index (χ1v) is 10.0. The number of fused-ring (bicyclic) bond motifs is 1. The molecule has 0 aliphatic heterocycles. The summed E-state index contributed by atoms with van der Waals surface area (Å²) in [5.41, 5.74) is 1.49. The lowest BCUT2D eigenvalue weighted by molar-refractivity contribution is 0.101. The highest BCUT2D eigenvalue weighted by atomic mass is 19.2. The zero-order valence-corrected chi connectivity index (χ0v) is 17.5. The number of anilines is 1. The van der Waals surface area contributed by atoms with Gasteiger partial charge in [-0.05, 0) is 54.3 Å². The first-order valence-electron chi connectivity index (χ1n) is 10.0. The van der Waals surface area contributed by atoms with Gasteiger partial charge in [-0.3, -0.25) is 4.79 Å². The highest BCUT2D eigenvalue weighted by Crippen LogP contribution is 2.29. The maximum absolute atomic E-state index is 13.8. The van der Waals surface area contributed by atoms with Crippen molar-refractivity contribution in [3.63, 3.8) is 0 Å². The van der Waals surface area contributed by atoms with Crippen LogP contribution in [0.15, 0.2) is 46.9 Å². The Bertz CT molecular complexity index is 1340. The van der Waals surface area contributed by atoms with Crippen LogP contribution in [0.1, 0.15) is 42.1 Å². The Morgan fingerprint density at radius 2 is 1.55 bits per heavy atom. The van der Waals surface area contributed by atoms with Crippen molar-refractivity contribution in [2.75, 3.05) is 5.32 Å². The summed E-state index contributed by atoms with van der Waals surface area (Å²) in [6, 6.07) is 11.6. The van der Waals surface area contributed by atoms with E-state index in [0.717, 1.165) is 12.0 Å². The summed E-state index contributed by atoms with van der Waals surface area (Å²) in [5.74, 6) is -11.9. The van der Waals surface area contributed by atoms with Gasteiger partial charge in [0, 0.05) is 11.3 Å². The van der Waals surface area contributed by atoms with E-state index in [9.17, 15) is 26.7 Å². The summed E-state index contributed by atoms with van der Waals surface area (Å²) in [5, 5.41) is 2.12. The number of halogens is 5. The number of hydrogen-bond acceptors (Lipinski definition) is 3. The molecule has 0 saturated heterocycles. The summed E-state index contributed by atoms with van der Waals surface area (Å²) in [4.78, 5) is 16.7. The fourth-order valence-electron chi connectivity index (χ4n) is 3.30. The van der Waals surface area contributed by atoms with Gasteiger partial charge in [0.05, 0.1) is 0 Å². The fraction of sp³-hybridized carbons (Fsp3) is 0.167. The van der Waals surface area contributed by atoms with Crippen LogP contribution in [0.4, 0.5) is 27.6 Å². The summed E-state index contributed by atoms with van der Waals surface area (Å²) < 4.78 is 73.3. The Labute approximate surface area is 185 Å². The second-order valence-corrected chi connectivity index (χ2v) is 7.53. The topological polar surface area (TPSA) is 55.1 Å².